The zero-order valence-electron chi connectivity index (χ0n) is 9.36. The molecule has 1 saturated carbocycles. The van der Waals surface area contributed by atoms with Crippen LogP contribution in [0, 0.1) is 5.92 Å². The molecular weight excluding hydrogens is 204 g/mol. The van der Waals surface area contributed by atoms with Gasteiger partial charge in [0.1, 0.15) is 5.82 Å². The van der Waals surface area contributed by atoms with Crippen molar-refractivity contribution in [3.63, 3.8) is 0 Å². The van der Waals surface area contributed by atoms with Crippen LogP contribution in [0.3, 0.4) is 0 Å². The lowest BCUT2D eigenvalue weighted by Gasteiger charge is -2.04. The van der Waals surface area contributed by atoms with Gasteiger partial charge in [0.25, 0.3) is 5.91 Å². The summed E-state index contributed by atoms with van der Waals surface area (Å²) >= 11 is 0. The van der Waals surface area contributed by atoms with Crippen molar-refractivity contribution in [1.82, 2.24) is 15.5 Å². The lowest BCUT2D eigenvalue weighted by Crippen LogP contribution is -2.24. The Kier molecular flexibility index (Phi) is 3.34. The Morgan fingerprint density at radius 2 is 2.25 bits per heavy atom. The summed E-state index contributed by atoms with van der Waals surface area (Å²) < 4.78 is 0. The summed E-state index contributed by atoms with van der Waals surface area (Å²) in [5, 5.41) is 13.7. The SMILES string of the molecule is CCNC(=O)c1ccc(NCC2CC2)nn1. The van der Waals surface area contributed by atoms with E-state index in [0.29, 0.717) is 12.2 Å². The zero-order valence-corrected chi connectivity index (χ0v) is 9.36. The van der Waals surface area contributed by atoms with Crippen LogP contribution in [0.2, 0.25) is 0 Å². The minimum atomic E-state index is -0.177. The highest BCUT2D eigenvalue weighted by Crippen LogP contribution is 2.28. The van der Waals surface area contributed by atoms with Gasteiger partial charge in [-0.05, 0) is 37.8 Å². The lowest BCUT2D eigenvalue weighted by molar-refractivity contribution is 0.0950. The van der Waals surface area contributed by atoms with Gasteiger partial charge < -0.3 is 10.6 Å². The Bertz CT molecular complexity index is 359. The molecule has 1 aromatic heterocycles. The van der Waals surface area contributed by atoms with E-state index in [1.165, 1.54) is 12.8 Å². The van der Waals surface area contributed by atoms with Gasteiger partial charge in [0.15, 0.2) is 5.69 Å². The number of carbonyl (C=O) groups is 1. The van der Waals surface area contributed by atoms with Crippen molar-refractivity contribution in [3.05, 3.63) is 17.8 Å². The lowest BCUT2D eigenvalue weighted by atomic mass is 10.3. The molecule has 1 heterocycles. The first kappa shape index (κ1) is 10.9. The summed E-state index contributed by atoms with van der Waals surface area (Å²) in [4.78, 5) is 11.4. The Morgan fingerprint density at radius 3 is 2.81 bits per heavy atom. The van der Waals surface area contributed by atoms with E-state index in [0.717, 1.165) is 18.3 Å². The fourth-order valence-electron chi connectivity index (χ4n) is 1.37. The van der Waals surface area contributed by atoms with Crippen molar-refractivity contribution < 1.29 is 4.79 Å². The van der Waals surface area contributed by atoms with E-state index in [1.54, 1.807) is 12.1 Å². The largest absolute Gasteiger partial charge is 0.368 e. The molecule has 0 unspecified atom stereocenters. The summed E-state index contributed by atoms with van der Waals surface area (Å²) in [6, 6.07) is 3.48. The molecule has 1 aromatic rings. The third-order valence-corrected chi connectivity index (χ3v) is 2.50. The van der Waals surface area contributed by atoms with E-state index < -0.39 is 0 Å². The number of carbonyl (C=O) groups excluding carboxylic acids is 1. The fourth-order valence-corrected chi connectivity index (χ4v) is 1.37. The molecule has 2 rings (SSSR count). The van der Waals surface area contributed by atoms with Crippen molar-refractivity contribution >= 4 is 11.7 Å². The third kappa shape index (κ3) is 2.92. The van der Waals surface area contributed by atoms with Crippen LogP contribution in [0.4, 0.5) is 5.82 Å². The molecule has 0 spiro atoms. The Balaban J connectivity index is 1.89. The molecule has 0 radical (unpaired) electrons. The maximum absolute atomic E-state index is 11.4. The molecule has 1 aliphatic carbocycles. The number of nitrogens with one attached hydrogen (secondary N) is 2. The summed E-state index contributed by atoms with van der Waals surface area (Å²) in [5.74, 6) is 1.36. The number of aromatic nitrogens is 2. The van der Waals surface area contributed by atoms with Gasteiger partial charge >= 0.3 is 0 Å². The smallest absolute Gasteiger partial charge is 0.271 e. The standard InChI is InChI=1S/C11H16N4O/c1-2-12-11(16)9-5-6-10(15-14-9)13-7-8-3-4-8/h5-6,8H,2-4,7H2,1H3,(H,12,16)(H,13,15). The second-order valence-corrected chi connectivity index (χ2v) is 3.99. The summed E-state index contributed by atoms with van der Waals surface area (Å²) in [6.45, 7) is 3.42. The van der Waals surface area contributed by atoms with Gasteiger partial charge in [0.05, 0.1) is 0 Å². The predicted octanol–water partition coefficient (Wildman–Crippen LogP) is 1.05. The van der Waals surface area contributed by atoms with Crippen LogP contribution in [0.5, 0.6) is 0 Å². The van der Waals surface area contributed by atoms with Gasteiger partial charge in [-0.2, -0.15) is 0 Å². The molecule has 1 fully saturated rings. The predicted molar refractivity (Wildman–Crippen MR) is 61.3 cm³/mol. The molecule has 0 aromatic carbocycles. The van der Waals surface area contributed by atoms with Gasteiger partial charge in [-0.15, -0.1) is 10.2 Å². The zero-order chi connectivity index (χ0) is 11.4. The maximum atomic E-state index is 11.4. The average Bonchev–Trinajstić information content (AvgIpc) is 3.11. The van der Waals surface area contributed by atoms with E-state index >= 15 is 0 Å². The van der Waals surface area contributed by atoms with Crippen LogP contribution in [0.15, 0.2) is 12.1 Å². The van der Waals surface area contributed by atoms with Crippen LogP contribution < -0.4 is 10.6 Å². The van der Waals surface area contributed by atoms with E-state index in [-0.39, 0.29) is 5.91 Å². The van der Waals surface area contributed by atoms with Crippen molar-refractivity contribution in [3.8, 4) is 0 Å². The number of amides is 1. The van der Waals surface area contributed by atoms with Gasteiger partial charge in [0.2, 0.25) is 0 Å². The Morgan fingerprint density at radius 1 is 1.44 bits per heavy atom. The molecule has 5 nitrogen and oxygen atoms in total. The monoisotopic (exact) mass is 220 g/mol. The van der Waals surface area contributed by atoms with Crippen molar-refractivity contribution in [1.29, 1.82) is 0 Å². The van der Waals surface area contributed by atoms with Gasteiger partial charge in [-0.3, -0.25) is 4.79 Å². The quantitative estimate of drug-likeness (QED) is 0.778. The molecule has 1 amide bonds. The summed E-state index contributed by atoms with van der Waals surface area (Å²) in [6.07, 6.45) is 2.61. The number of hydrogen-bond donors (Lipinski definition) is 2. The summed E-state index contributed by atoms with van der Waals surface area (Å²) in [5.41, 5.74) is 0.360. The molecule has 0 saturated heterocycles. The Labute approximate surface area is 94.6 Å². The Hall–Kier alpha value is -1.65. The van der Waals surface area contributed by atoms with Crippen LogP contribution in [0.1, 0.15) is 30.3 Å². The average molecular weight is 220 g/mol. The molecule has 2 N–H and O–H groups in total. The topological polar surface area (TPSA) is 66.9 Å². The molecule has 0 aliphatic heterocycles. The molecule has 0 bridgehead atoms. The first-order valence-electron chi connectivity index (χ1n) is 5.65. The first-order valence-corrected chi connectivity index (χ1v) is 5.65. The minimum absolute atomic E-state index is 0.177. The van der Waals surface area contributed by atoms with Gasteiger partial charge in [0, 0.05) is 13.1 Å². The van der Waals surface area contributed by atoms with Crippen LogP contribution >= 0.6 is 0 Å². The number of rotatable bonds is 5. The van der Waals surface area contributed by atoms with Crippen LogP contribution in [0.25, 0.3) is 0 Å². The molecular formula is C11H16N4O. The maximum Gasteiger partial charge on any atom is 0.271 e. The summed E-state index contributed by atoms with van der Waals surface area (Å²) in [7, 11) is 0. The van der Waals surface area contributed by atoms with Crippen molar-refractivity contribution in [2.75, 3.05) is 18.4 Å². The van der Waals surface area contributed by atoms with Gasteiger partial charge in [-0.25, -0.2) is 0 Å². The molecule has 5 heteroatoms. The third-order valence-electron chi connectivity index (χ3n) is 2.50. The highest BCUT2D eigenvalue weighted by atomic mass is 16.1. The normalized spacial score (nSPS) is 14.6. The van der Waals surface area contributed by atoms with Crippen molar-refractivity contribution in [2.45, 2.75) is 19.8 Å². The fraction of sp³-hybridized carbons (Fsp3) is 0.545. The van der Waals surface area contributed by atoms with Crippen LogP contribution in [-0.2, 0) is 0 Å². The first-order chi connectivity index (χ1) is 7.79. The van der Waals surface area contributed by atoms with Gasteiger partial charge in [-0.1, -0.05) is 0 Å². The van der Waals surface area contributed by atoms with E-state index in [2.05, 4.69) is 20.8 Å². The molecule has 86 valence electrons. The second-order valence-electron chi connectivity index (χ2n) is 3.99. The van der Waals surface area contributed by atoms with Crippen LogP contribution in [-0.4, -0.2) is 29.2 Å². The second kappa shape index (κ2) is 4.92. The van der Waals surface area contributed by atoms with E-state index in [4.69, 9.17) is 0 Å². The highest BCUT2D eigenvalue weighted by molar-refractivity contribution is 5.92. The van der Waals surface area contributed by atoms with E-state index in [9.17, 15) is 4.79 Å². The number of nitrogens with zero attached hydrogens (tertiary/aromatic N) is 2. The molecule has 1 aliphatic rings. The van der Waals surface area contributed by atoms with Crippen molar-refractivity contribution in [2.24, 2.45) is 5.92 Å². The molecule has 0 atom stereocenters. The highest BCUT2D eigenvalue weighted by Gasteiger charge is 2.20. The number of anilines is 1. The van der Waals surface area contributed by atoms with E-state index in [1.807, 2.05) is 6.92 Å². The minimum Gasteiger partial charge on any atom is -0.368 e. The molecule has 16 heavy (non-hydrogen) atoms. The number of hydrogen-bond acceptors (Lipinski definition) is 4.